The number of carbonyl (C=O) groups is 2. The molecule has 1 atom stereocenters. The molecule has 1 unspecified atom stereocenters. The zero-order valence-electron chi connectivity index (χ0n) is 8.68. The molecule has 1 aliphatic rings. The number of hydrogen-bond donors (Lipinski definition) is 0. The zero-order chi connectivity index (χ0) is 10.2. The minimum atomic E-state index is 0.392. The Morgan fingerprint density at radius 1 is 0.786 bits per heavy atom. The van der Waals surface area contributed by atoms with E-state index < -0.39 is 0 Å². The third-order valence-electron chi connectivity index (χ3n) is 2.56. The molecule has 0 aromatic rings. The van der Waals surface area contributed by atoms with Gasteiger partial charge in [0.05, 0.1) is 0 Å². The van der Waals surface area contributed by atoms with Crippen LogP contribution in [0.3, 0.4) is 0 Å². The second kappa shape index (κ2) is 7.11. The summed E-state index contributed by atoms with van der Waals surface area (Å²) in [5.41, 5.74) is 0.415. The second-order valence-electron chi connectivity index (χ2n) is 3.91. The fourth-order valence-corrected chi connectivity index (χ4v) is 2.67. The molecule has 1 fully saturated rings. The summed E-state index contributed by atoms with van der Waals surface area (Å²) in [5, 5.41) is 0. The van der Waals surface area contributed by atoms with Crippen LogP contribution in [-0.2, 0) is 9.59 Å². The van der Waals surface area contributed by atoms with Gasteiger partial charge in [-0.2, -0.15) is 0 Å². The zero-order valence-corrected chi connectivity index (χ0v) is 9.68. The predicted octanol–water partition coefficient (Wildman–Crippen LogP) is 2.90. The van der Waals surface area contributed by atoms with Crippen molar-refractivity contribution in [3.8, 4) is 0 Å². The van der Waals surface area contributed by atoms with Crippen LogP contribution in [0.15, 0.2) is 0 Å². The van der Waals surface area contributed by atoms with Crippen molar-refractivity contribution in [3.05, 3.63) is 0 Å². The number of carbonyl (C=O) groups excluding carboxylic acids is 2. The lowest BCUT2D eigenvalue weighted by Gasteiger charge is -2.05. The fraction of sp³-hybridized carbons (Fsp3) is 0.818. The summed E-state index contributed by atoms with van der Waals surface area (Å²) in [7, 11) is 0.450. The maximum Gasteiger partial charge on any atom is 0.151 e. The van der Waals surface area contributed by atoms with E-state index in [0.717, 1.165) is 51.1 Å². The van der Waals surface area contributed by atoms with Crippen molar-refractivity contribution < 1.29 is 9.59 Å². The Morgan fingerprint density at radius 3 is 2.21 bits per heavy atom. The molecular formula is C11H19O2P. The monoisotopic (exact) mass is 214 g/mol. The molecule has 2 nitrogen and oxygen atoms in total. The average molecular weight is 214 g/mol. The van der Waals surface area contributed by atoms with Crippen molar-refractivity contribution >= 4 is 19.9 Å². The largest absolute Gasteiger partial charge is 0.300 e. The van der Waals surface area contributed by atoms with E-state index in [4.69, 9.17) is 0 Å². The minimum Gasteiger partial charge on any atom is -0.300 e. The first-order chi connectivity index (χ1) is 6.79. The molecule has 0 bridgehead atoms. The van der Waals surface area contributed by atoms with Crippen LogP contribution in [0.25, 0.3) is 0 Å². The van der Waals surface area contributed by atoms with Gasteiger partial charge in [-0.05, 0) is 25.4 Å². The van der Waals surface area contributed by atoms with Crippen molar-refractivity contribution in [3.63, 3.8) is 0 Å². The van der Waals surface area contributed by atoms with E-state index in [1.807, 2.05) is 0 Å². The fourth-order valence-electron chi connectivity index (χ4n) is 1.69. The molecule has 1 heterocycles. The van der Waals surface area contributed by atoms with Gasteiger partial charge in [-0.3, -0.25) is 9.59 Å². The lowest BCUT2D eigenvalue weighted by Crippen LogP contribution is -2.00. The molecule has 0 amide bonds. The van der Waals surface area contributed by atoms with Crippen molar-refractivity contribution in [2.24, 2.45) is 0 Å². The quantitative estimate of drug-likeness (QED) is 0.581. The van der Waals surface area contributed by atoms with Gasteiger partial charge in [-0.1, -0.05) is 21.4 Å². The maximum atomic E-state index is 11.3. The predicted molar refractivity (Wildman–Crippen MR) is 60.1 cm³/mol. The first kappa shape index (κ1) is 11.8. The highest BCUT2D eigenvalue weighted by molar-refractivity contribution is 7.57. The molecular weight excluding hydrogens is 195 g/mol. The van der Waals surface area contributed by atoms with Gasteiger partial charge in [0.15, 0.2) is 5.52 Å². The molecule has 0 spiro atoms. The van der Waals surface area contributed by atoms with Crippen LogP contribution >= 0.6 is 8.58 Å². The smallest absolute Gasteiger partial charge is 0.151 e. The van der Waals surface area contributed by atoms with Crippen LogP contribution in [0.2, 0.25) is 0 Å². The Hall–Kier alpha value is -0.230. The van der Waals surface area contributed by atoms with Crippen LogP contribution in [0.4, 0.5) is 0 Å². The van der Waals surface area contributed by atoms with Gasteiger partial charge in [0.2, 0.25) is 0 Å². The Bertz CT molecular complexity index is 179. The third-order valence-corrected chi connectivity index (χ3v) is 3.81. The molecule has 0 aliphatic carbocycles. The molecule has 0 aromatic heterocycles. The molecule has 1 saturated heterocycles. The highest BCUT2D eigenvalue weighted by Crippen LogP contribution is 2.20. The van der Waals surface area contributed by atoms with Gasteiger partial charge in [0.1, 0.15) is 5.78 Å². The summed E-state index contributed by atoms with van der Waals surface area (Å²) in [6.45, 7) is 0. The topological polar surface area (TPSA) is 34.1 Å². The van der Waals surface area contributed by atoms with Crippen LogP contribution < -0.4 is 0 Å². The molecule has 0 radical (unpaired) electrons. The van der Waals surface area contributed by atoms with Gasteiger partial charge in [0, 0.05) is 19.3 Å². The molecule has 80 valence electrons. The average Bonchev–Trinajstić information content (AvgIpc) is 2.16. The van der Waals surface area contributed by atoms with E-state index >= 15 is 0 Å². The summed E-state index contributed by atoms with van der Waals surface area (Å²) in [4.78, 5) is 22.6. The molecule has 1 aliphatic heterocycles. The molecule has 3 heteroatoms. The number of rotatable bonds is 0. The standard InChI is InChI=1S/C11H19O2P/c12-10-6-3-1-2-4-8-11(13)14-9-5-7-10/h14H,1-9H2. The number of hydrogen-bond acceptors (Lipinski definition) is 2. The first-order valence-corrected chi connectivity index (χ1v) is 6.78. The number of Topliss-reactive ketones (excluding diaryl/α,β-unsaturated/α-hetero) is 1. The Kier molecular flexibility index (Phi) is 6.02. The van der Waals surface area contributed by atoms with Gasteiger partial charge in [-0.15, -0.1) is 0 Å². The summed E-state index contributed by atoms with van der Waals surface area (Å²) in [6.07, 6.45) is 8.36. The first-order valence-electron chi connectivity index (χ1n) is 5.57. The van der Waals surface area contributed by atoms with E-state index in [2.05, 4.69) is 0 Å². The van der Waals surface area contributed by atoms with E-state index in [0.29, 0.717) is 26.3 Å². The minimum absolute atomic E-state index is 0.392. The van der Waals surface area contributed by atoms with Crippen LogP contribution in [0.1, 0.15) is 51.4 Å². The van der Waals surface area contributed by atoms with Crippen molar-refractivity contribution in [1.29, 1.82) is 0 Å². The highest BCUT2D eigenvalue weighted by atomic mass is 31.1. The Labute approximate surface area is 87.6 Å². The van der Waals surface area contributed by atoms with Gasteiger partial charge >= 0.3 is 0 Å². The summed E-state index contributed by atoms with van der Waals surface area (Å²) < 4.78 is 0. The Morgan fingerprint density at radius 2 is 1.43 bits per heavy atom. The van der Waals surface area contributed by atoms with Gasteiger partial charge in [-0.25, -0.2) is 0 Å². The maximum absolute atomic E-state index is 11.3. The molecule has 1 rings (SSSR count). The van der Waals surface area contributed by atoms with Crippen LogP contribution in [-0.4, -0.2) is 17.5 Å². The van der Waals surface area contributed by atoms with Crippen LogP contribution in [0.5, 0.6) is 0 Å². The molecule has 0 N–H and O–H groups in total. The summed E-state index contributed by atoms with van der Waals surface area (Å²) >= 11 is 0. The summed E-state index contributed by atoms with van der Waals surface area (Å²) in [6, 6.07) is 0. The normalized spacial score (nSPS) is 24.3. The van der Waals surface area contributed by atoms with Crippen molar-refractivity contribution in [2.45, 2.75) is 51.4 Å². The van der Waals surface area contributed by atoms with E-state index in [1.54, 1.807) is 0 Å². The lowest BCUT2D eigenvalue weighted by atomic mass is 10.1. The molecule has 14 heavy (non-hydrogen) atoms. The second-order valence-corrected chi connectivity index (χ2v) is 5.32. The van der Waals surface area contributed by atoms with Crippen LogP contribution in [0, 0.1) is 0 Å². The lowest BCUT2D eigenvalue weighted by molar-refractivity contribution is -0.119. The van der Waals surface area contributed by atoms with E-state index in [9.17, 15) is 9.59 Å². The van der Waals surface area contributed by atoms with Gasteiger partial charge < -0.3 is 0 Å². The third kappa shape index (κ3) is 5.49. The highest BCUT2D eigenvalue weighted by Gasteiger charge is 2.06. The van der Waals surface area contributed by atoms with Crippen molar-refractivity contribution in [1.82, 2.24) is 0 Å². The van der Waals surface area contributed by atoms with E-state index in [-0.39, 0.29) is 0 Å². The van der Waals surface area contributed by atoms with Crippen molar-refractivity contribution in [2.75, 3.05) is 6.16 Å². The number of ketones is 1. The summed E-state index contributed by atoms with van der Waals surface area (Å²) in [5.74, 6) is 0.392. The Balaban J connectivity index is 2.27. The van der Waals surface area contributed by atoms with Gasteiger partial charge in [0.25, 0.3) is 0 Å². The molecule has 0 saturated carbocycles. The van der Waals surface area contributed by atoms with E-state index in [1.165, 1.54) is 0 Å². The molecule has 0 aromatic carbocycles. The SMILES string of the molecule is O=C1CCCCCCC(=O)PCCC1.